The molecule has 18 heavy (non-hydrogen) atoms. The lowest BCUT2D eigenvalue weighted by Gasteiger charge is -2.11. The molecule has 1 aliphatic rings. The van der Waals surface area contributed by atoms with Crippen molar-refractivity contribution in [1.82, 2.24) is 4.98 Å². The number of aromatic nitrogens is 1. The maximum Gasteiger partial charge on any atom is 0.217 e. The summed E-state index contributed by atoms with van der Waals surface area (Å²) in [5.74, 6) is 1.44. The van der Waals surface area contributed by atoms with E-state index in [1.165, 1.54) is 0 Å². The second-order valence-corrected chi connectivity index (χ2v) is 4.59. The molecule has 0 spiro atoms. The van der Waals surface area contributed by atoms with Gasteiger partial charge in [0.15, 0.2) is 0 Å². The van der Waals surface area contributed by atoms with E-state index >= 15 is 0 Å². The van der Waals surface area contributed by atoms with Gasteiger partial charge in [-0.1, -0.05) is 0 Å². The van der Waals surface area contributed by atoms with Crippen LogP contribution in [0.4, 0.5) is 0 Å². The minimum atomic E-state index is 0.196. The van der Waals surface area contributed by atoms with E-state index < -0.39 is 0 Å². The number of pyridine rings is 1. The first-order valence-corrected chi connectivity index (χ1v) is 6.03. The van der Waals surface area contributed by atoms with Gasteiger partial charge in [-0.3, -0.25) is 0 Å². The van der Waals surface area contributed by atoms with Crippen molar-refractivity contribution in [2.45, 2.75) is 25.9 Å². The summed E-state index contributed by atoms with van der Waals surface area (Å²) in [6.07, 6.45) is 2.40. The molecule has 1 aliphatic carbocycles. The van der Waals surface area contributed by atoms with Crippen molar-refractivity contribution in [1.29, 1.82) is 0 Å². The average molecular weight is 245 g/mol. The molecule has 1 aromatic carbocycles. The average Bonchev–Trinajstić information content (AvgIpc) is 3.14. The van der Waals surface area contributed by atoms with Crippen LogP contribution < -0.4 is 9.47 Å². The molecule has 0 aliphatic heterocycles. The summed E-state index contributed by atoms with van der Waals surface area (Å²) in [4.78, 5) is 4.46. The van der Waals surface area contributed by atoms with Crippen molar-refractivity contribution < 1.29 is 14.6 Å². The van der Waals surface area contributed by atoms with Gasteiger partial charge in [0.25, 0.3) is 0 Å². The molecule has 0 bridgehead atoms. The van der Waals surface area contributed by atoms with Gasteiger partial charge < -0.3 is 14.6 Å². The lowest BCUT2D eigenvalue weighted by Crippen LogP contribution is -1.99. The van der Waals surface area contributed by atoms with Crippen LogP contribution >= 0.6 is 0 Å². The highest BCUT2D eigenvalue weighted by Crippen LogP contribution is 2.35. The Hall–Kier alpha value is -1.97. The Bertz CT molecular complexity index is 606. The summed E-state index contributed by atoms with van der Waals surface area (Å²) in [6.45, 7) is 1.93. The van der Waals surface area contributed by atoms with E-state index in [9.17, 15) is 5.11 Å². The zero-order valence-corrected chi connectivity index (χ0v) is 10.4. The molecule has 0 unspecified atom stereocenters. The van der Waals surface area contributed by atoms with Crippen LogP contribution in [0.25, 0.3) is 10.9 Å². The highest BCUT2D eigenvalue weighted by atomic mass is 16.5. The van der Waals surface area contributed by atoms with Crippen LogP contribution in [0.15, 0.2) is 18.2 Å². The predicted molar refractivity (Wildman–Crippen MR) is 68.3 cm³/mol. The number of ether oxygens (including phenoxy) is 2. The minimum Gasteiger partial charge on any atom is -0.507 e. The third kappa shape index (κ3) is 1.83. The van der Waals surface area contributed by atoms with E-state index in [0.717, 1.165) is 35.1 Å². The van der Waals surface area contributed by atoms with Crippen molar-refractivity contribution in [2.24, 2.45) is 0 Å². The number of rotatable bonds is 3. The van der Waals surface area contributed by atoms with Gasteiger partial charge >= 0.3 is 0 Å². The molecule has 0 atom stereocenters. The van der Waals surface area contributed by atoms with Crippen molar-refractivity contribution in [3.8, 4) is 17.4 Å². The van der Waals surface area contributed by atoms with Crippen molar-refractivity contribution in [2.75, 3.05) is 7.11 Å². The Labute approximate surface area is 105 Å². The van der Waals surface area contributed by atoms with Gasteiger partial charge in [-0.25, -0.2) is 4.98 Å². The molecule has 0 amide bonds. The second-order valence-electron chi connectivity index (χ2n) is 4.59. The van der Waals surface area contributed by atoms with Crippen LogP contribution in [0.2, 0.25) is 0 Å². The number of aromatic hydroxyl groups is 1. The normalized spacial score (nSPS) is 14.8. The first-order chi connectivity index (χ1) is 8.69. The van der Waals surface area contributed by atoms with E-state index in [4.69, 9.17) is 9.47 Å². The summed E-state index contributed by atoms with van der Waals surface area (Å²) in [5, 5.41) is 10.7. The lowest BCUT2D eigenvalue weighted by atomic mass is 10.1. The van der Waals surface area contributed by atoms with Crippen LogP contribution in [-0.2, 0) is 0 Å². The van der Waals surface area contributed by atoms with Gasteiger partial charge in [0, 0.05) is 17.0 Å². The lowest BCUT2D eigenvalue weighted by molar-refractivity contribution is 0.290. The SMILES string of the molecule is COc1ccc2c(O)cc(OC3CC3)nc2c1C. The van der Waals surface area contributed by atoms with Crippen molar-refractivity contribution >= 4 is 10.9 Å². The number of fused-ring (bicyclic) bond motifs is 1. The third-order valence-electron chi connectivity index (χ3n) is 3.17. The molecule has 1 aromatic heterocycles. The van der Waals surface area contributed by atoms with Crippen LogP contribution in [-0.4, -0.2) is 23.3 Å². The number of hydrogen-bond donors (Lipinski definition) is 1. The fourth-order valence-corrected chi connectivity index (χ4v) is 2.01. The first-order valence-electron chi connectivity index (χ1n) is 6.03. The molecular formula is C14H15NO3. The number of nitrogens with zero attached hydrogens (tertiary/aromatic N) is 1. The van der Waals surface area contributed by atoms with Crippen LogP contribution in [0, 0.1) is 6.92 Å². The standard InChI is InChI=1S/C14H15NO3/c1-8-12(17-2)6-5-10-11(16)7-13(15-14(8)10)18-9-3-4-9/h5-7,9H,3-4H2,1-2H3,(H,15,16). The minimum absolute atomic E-state index is 0.196. The number of aryl methyl sites for hydroxylation is 1. The number of benzene rings is 1. The molecule has 94 valence electrons. The third-order valence-corrected chi connectivity index (χ3v) is 3.17. The number of hydrogen-bond acceptors (Lipinski definition) is 4. The molecule has 4 heteroatoms. The van der Waals surface area contributed by atoms with Gasteiger partial charge in [-0.05, 0) is 31.9 Å². The Morgan fingerprint density at radius 1 is 1.33 bits per heavy atom. The van der Waals surface area contributed by atoms with E-state index in [1.54, 1.807) is 13.2 Å². The van der Waals surface area contributed by atoms with E-state index in [1.807, 2.05) is 19.1 Å². The molecule has 4 nitrogen and oxygen atoms in total. The molecule has 3 rings (SSSR count). The van der Waals surface area contributed by atoms with Crippen molar-refractivity contribution in [3.05, 3.63) is 23.8 Å². The molecule has 1 heterocycles. The van der Waals surface area contributed by atoms with Gasteiger partial charge in [-0.2, -0.15) is 0 Å². The summed E-state index contributed by atoms with van der Waals surface area (Å²) in [5.41, 5.74) is 1.64. The van der Waals surface area contributed by atoms with Gasteiger partial charge in [-0.15, -0.1) is 0 Å². The summed E-state index contributed by atoms with van der Waals surface area (Å²) >= 11 is 0. The molecule has 0 saturated heterocycles. The van der Waals surface area contributed by atoms with Gasteiger partial charge in [0.2, 0.25) is 5.88 Å². The molecule has 1 saturated carbocycles. The van der Waals surface area contributed by atoms with Crippen LogP contribution in [0.3, 0.4) is 0 Å². The highest BCUT2D eigenvalue weighted by Gasteiger charge is 2.24. The topological polar surface area (TPSA) is 51.6 Å². The maximum absolute atomic E-state index is 10.0. The van der Waals surface area contributed by atoms with E-state index in [2.05, 4.69) is 4.98 Å². The van der Waals surface area contributed by atoms with E-state index in [0.29, 0.717) is 5.88 Å². The molecule has 0 radical (unpaired) electrons. The Balaban J connectivity index is 2.15. The predicted octanol–water partition coefficient (Wildman–Crippen LogP) is 2.80. The fraction of sp³-hybridized carbons (Fsp3) is 0.357. The second kappa shape index (κ2) is 4.05. The maximum atomic E-state index is 10.0. The zero-order valence-electron chi connectivity index (χ0n) is 10.4. The quantitative estimate of drug-likeness (QED) is 0.903. The van der Waals surface area contributed by atoms with Gasteiger partial charge in [0.05, 0.1) is 12.6 Å². The van der Waals surface area contributed by atoms with Crippen LogP contribution in [0.1, 0.15) is 18.4 Å². The van der Waals surface area contributed by atoms with E-state index in [-0.39, 0.29) is 11.9 Å². The molecule has 1 fully saturated rings. The highest BCUT2D eigenvalue weighted by molar-refractivity contribution is 5.89. The van der Waals surface area contributed by atoms with Gasteiger partial charge in [0.1, 0.15) is 17.6 Å². The summed E-state index contributed by atoms with van der Waals surface area (Å²) in [7, 11) is 1.62. The molecular weight excluding hydrogens is 230 g/mol. The Kier molecular flexibility index (Phi) is 2.51. The smallest absolute Gasteiger partial charge is 0.217 e. The Morgan fingerprint density at radius 2 is 2.11 bits per heavy atom. The monoisotopic (exact) mass is 245 g/mol. The van der Waals surface area contributed by atoms with Crippen molar-refractivity contribution in [3.63, 3.8) is 0 Å². The fourth-order valence-electron chi connectivity index (χ4n) is 2.01. The molecule has 2 aromatic rings. The summed E-state index contributed by atoms with van der Waals surface area (Å²) < 4.78 is 10.9. The Morgan fingerprint density at radius 3 is 2.78 bits per heavy atom. The molecule has 1 N–H and O–H groups in total. The first kappa shape index (κ1) is 11.1. The zero-order chi connectivity index (χ0) is 12.7. The largest absolute Gasteiger partial charge is 0.507 e. The number of methoxy groups -OCH3 is 1. The summed E-state index contributed by atoms with van der Waals surface area (Å²) in [6, 6.07) is 5.22. The van der Waals surface area contributed by atoms with Crippen LogP contribution in [0.5, 0.6) is 17.4 Å².